The number of aliphatic hydroxyl groups excluding tert-OH is 2. The van der Waals surface area contributed by atoms with Crippen LogP contribution in [0.15, 0.2) is 46.1 Å². The molecule has 6 rings (SSSR count). The summed E-state index contributed by atoms with van der Waals surface area (Å²) in [6.45, 7) is 17.4. The highest BCUT2D eigenvalue weighted by Crippen LogP contribution is 2.51. The third-order valence-corrected chi connectivity index (χ3v) is 14.3. The van der Waals surface area contributed by atoms with E-state index in [9.17, 15) is 39.6 Å². The maximum absolute atomic E-state index is 15.0. The van der Waals surface area contributed by atoms with E-state index in [4.69, 9.17) is 30.4 Å². The second-order valence-electron chi connectivity index (χ2n) is 20.3. The number of rotatable bonds is 10. The Kier molecular flexibility index (Phi) is 17.1. The van der Waals surface area contributed by atoms with Crippen LogP contribution in [0.3, 0.4) is 0 Å². The van der Waals surface area contributed by atoms with Crippen molar-refractivity contribution in [3.8, 4) is 29.6 Å². The molecule has 2 aromatic rings. The molecule has 1 saturated heterocycles. The molecular formula is C53H72N6O12. The number of nitrogens with zero attached hydrogens (tertiary/aromatic N) is 4. The molecule has 0 aromatic heterocycles. The van der Waals surface area contributed by atoms with Crippen molar-refractivity contribution in [1.29, 1.82) is 0 Å². The van der Waals surface area contributed by atoms with Crippen LogP contribution in [0.5, 0.6) is 17.2 Å². The zero-order chi connectivity index (χ0) is 52.3. The molecule has 9 atom stereocenters. The van der Waals surface area contributed by atoms with Crippen molar-refractivity contribution in [1.82, 2.24) is 15.1 Å². The van der Waals surface area contributed by atoms with Crippen LogP contribution in [-0.2, 0) is 28.6 Å². The summed E-state index contributed by atoms with van der Waals surface area (Å²) in [7, 11) is 5.17. The standard InChI is InChI=1S/C53H72N6O12/c1-13-53-50(66)40-38-39(46(64)34(9)49(40)71-53)47(65)43(42-41(38)56-52(57-42)20-23-59(24-21-52)27-28(2)3)55-51(67)30(5)16-14-15-29(4)44(62)32(7)45(63)33(8)48(31(6)35(68-12)19-26-69-53)70-37(61)18-17-36(60)54-22-25-58(10)11/h1,14-16,19,26,28-29,31-33,35,44-45,48,56,62-65H,17-18,20-25,27H2,2-12H3,(H,54,60)/b15-14+,26-19+,30-16-,55-43?/t29-,31+,32+,33+,35-,44-,45+,48+,53-/m0/s1. The Morgan fingerprint density at radius 1 is 1.00 bits per heavy atom. The van der Waals surface area contributed by atoms with Gasteiger partial charge < -0.3 is 59.8 Å². The van der Waals surface area contributed by atoms with Crippen LogP contribution in [0.4, 0.5) is 5.69 Å². The molecule has 4 aliphatic rings. The van der Waals surface area contributed by atoms with E-state index in [2.05, 4.69) is 40.3 Å². The minimum absolute atomic E-state index is 0.0497. The first kappa shape index (κ1) is 54.5. The number of fused-ring (bicyclic) bond motifs is 1. The molecular weight excluding hydrogens is 913 g/mol. The zero-order valence-electron chi connectivity index (χ0n) is 42.9. The van der Waals surface area contributed by atoms with Crippen molar-refractivity contribution < 1.29 is 58.6 Å². The quantitative estimate of drug-likeness (QED) is 0.113. The number of ketones is 1. The van der Waals surface area contributed by atoms with Gasteiger partial charge in [0.05, 0.1) is 47.6 Å². The third-order valence-electron chi connectivity index (χ3n) is 14.3. The molecule has 386 valence electrons. The molecule has 18 nitrogen and oxygen atoms in total. The maximum atomic E-state index is 15.0. The summed E-state index contributed by atoms with van der Waals surface area (Å²) >= 11 is 0. The lowest BCUT2D eigenvalue weighted by Gasteiger charge is -2.38. The third kappa shape index (κ3) is 11.3. The minimum Gasteiger partial charge on any atom is -0.507 e. The summed E-state index contributed by atoms with van der Waals surface area (Å²) in [4.78, 5) is 68.9. The molecule has 6 N–H and O–H groups in total. The van der Waals surface area contributed by atoms with Gasteiger partial charge in [-0.25, -0.2) is 4.99 Å². The van der Waals surface area contributed by atoms with Crippen molar-refractivity contribution in [3.05, 3.63) is 58.0 Å². The topological polar surface area (TPSA) is 241 Å². The van der Waals surface area contributed by atoms with E-state index in [1.54, 1.807) is 46.8 Å². The van der Waals surface area contributed by atoms with E-state index in [0.29, 0.717) is 44.9 Å². The van der Waals surface area contributed by atoms with Crippen LogP contribution in [0.2, 0.25) is 0 Å². The SMILES string of the molecule is C#C[C@@]12O/C=C/[C@H](OC)[C@@H](C)[C@@H](OC(=O)CCC(=O)NCCN(C)C)[C@H](C)[C@H](O)[C@H](C)[C@@H](O)[C@@H](C)/C=C/C=C(/C)C(=O)N=c3c(O)c4c(O)c(C)c(c(c4c4c3=NC3(CCN(CC(C)C)CC3)N4)C1=O)O2. The van der Waals surface area contributed by atoms with Crippen molar-refractivity contribution in [2.45, 2.75) is 117 Å². The average molecular weight is 985 g/mol. The fraction of sp³-hybridized carbons (Fsp3) is 0.585. The highest BCUT2D eigenvalue weighted by Gasteiger charge is 2.53. The number of phenolic OH excluding ortho intramolecular Hbond substituents is 2. The second kappa shape index (κ2) is 22.3. The number of likely N-dealkylation sites (N-methyl/N-ethyl adjacent to an activating group) is 1. The maximum Gasteiger partial charge on any atom is 0.383 e. The molecule has 0 saturated carbocycles. The first-order valence-corrected chi connectivity index (χ1v) is 24.5. The van der Waals surface area contributed by atoms with Crippen molar-refractivity contribution in [3.63, 3.8) is 0 Å². The molecule has 0 radical (unpaired) electrons. The number of nitrogens with one attached hydrogen (secondary N) is 2. The van der Waals surface area contributed by atoms with Gasteiger partial charge in [0.2, 0.25) is 5.91 Å². The number of anilines is 1. The Balaban J connectivity index is 1.47. The number of phenols is 2. The molecule has 71 heavy (non-hydrogen) atoms. The highest BCUT2D eigenvalue weighted by atomic mass is 16.7. The normalized spacial score (nSPS) is 29.6. The fourth-order valence-electron chi connectivity index (χ4n) is 9.96. The Morgan fingerprint density at radius 2 is 1.69 bits per heavy atom. The van der Waals surface area contributed by atoms with E-state index in [1.807, 2.05) is 19.0 Å². The van der Waals surface area contributed by atoms with Gasteiger partial charge in [0.15, 0.2) is 5.75 Å². The number of aliphatic hydroxyl groups is 2. The van der Waals surface area contributed by atoms with Gasteiger partial charge >= 0.3 is 11.8 Å². The molecule has 2 aromatic carbocycles. The summed E-state index contributed by atoms with van der Waals surface area (Å²) in [6.07, 6.45) is 9.82. The number of ether oxygens (including phenoxy) is 4. The number of hydrogen-bond donors (Lipinski definition) is 6. The summed E-state index contributed by atoms with van der Waals surface area (Å²) in [5.74, 6) is -6.24. The zero-order valence-corrected chi connectivity index (χ0v) is 42.9. The molecule has 4 bridgehead atoms. The number of piperidine rings is 1. The number of terminal acetylenes is 1. The number of amides is 2. The highest BCUT2D eigenvalue weighted by molar-refractivity contribution is 6.22. The Morgan fingerprint density at radius 3 is 2.32 bits per heavy atom. The summed E-state index contributed by atoms with van der Waals surface area (Å²) in [5, 5.41) is 53.7. The lowest BCUT2D eigenvalue weighted by molar-refractivity contribution is -0.164. The van der Waals surface area contributed by atoms with Gasteiger partial charge in [0.1, 0.15) is 34.0 Å². The molecule has 0 aliphatic carbocycles. The van der Waals surface area contributed by atoms with E-state index in [-0.39, 0.29) is 68.4 Å². The summed E-state index contributed by atoms with van der Waals surface area (Å²) < 4.78 is 24.3. The number of likely N-dealkylation sites (tertiary alicyclic amines) is 1. The molecule has 1 spiro atoms. The van der Waals surface area contributed by atoms with Crippen LogP contribution in [0.25, 0.3) is 10.8 Å². The van der Waals surface area contributed by atoms with E-state index < -0.39 is 88.7 Å². The predicted octanol–water partition coefficient (Wildman–Crippen LogP) is 3.80. The summed E-state index contributed by atoms with van der Waals surface area (Å²) in [6, 6.07) is 0. The average Bonchev–Trinajstić information content (AvgIpc) is 3.85. The lowest BCUT2D eigenvalue weighted by Crippen LogP contribution is -2.47. The van der Waals surface area contributed by atoms with Gasteiger partial charge in [-0.15, -0.1) is 6.42 Å². The molecule has 4 aliphatic heterocycles. The van der Waals surface area contributed by atoms with Gasteiger partial charge in [0.25, 0.3) is 11.7 Å². The Labute approximate surface area is 415 Å². The van der Waals surface area contributed by atoms with Gasteiger partial charge in [0, 0.05) is 99.3 Å². The van der Waals surface area contributed by atoms with E-state index in [1.165, 1.54) is 26.2 Å². The number of esters is 1. The Hall–Kier alpha value is -5.84. The number of hydrogen-bond acceptors (Lipinski definition) is 16. The van der Waals surface area contributed by atoms with Crippen LogP contribution in [0.1, 0.15) is 90.1 Å². The number of carbonyl (C=O) groups excluding carboxylic acids is 4. The van der Waals surface area contributed by atoms with E-state index >= 15 is 0 Å². The molecule has 18 heteroatoms. The second-order valence-corrected chi connectivity index (χ2v) is 20.3. The number of methoxy groups -OCH3 is 1. The van der Waals surface area contributed by atoms with Gasteiger partial charge in [-0.3, -0.25) is 24.2 Å². The predicted molar refractivity (Wildman–Crippen MR) is 266 cm³/mol. The van der Waals surface area contributed by atoms with Crippen LogP contribution >= 0.6 is 0 Å². The first-order valence-electron chi connectivity index (χ1n) is 24.5. The minimum atomic E-state index is -2.43. The Bertz CT molecular complexity index is 2650. The fourth-order valence-corrected chi connectivity index (χ4v) is 9.96. The number of allylic oxidation sites excluding steroid dienone is 2. The van der Waals surface area contributed by atoms with Crippen molar-refractivity contribution in [2.24, 2.45) is 39.6 Å². The number of benzene rings is 2. The molecule has 0 unspecified atom stereocenters. The number of Topliss-reactive ketones (excluding diaryl/α,β-unsaturated/α-hetero) is 1. The van der Waals surface area contributed by atoms with Crippen LogP contribution < -0.4 is 26.1 Å². The van der Waals surface area contributed by atoms with Gasteiger partial charge in [-0.1, -0.05) is 59.8 Å². The van der Waals surface area contributed by atoms with Crippen molar-refractivity contribution in [2.75, 3.05) is 59.2 Å². The number of aromatic hydroxyl groups is 2. The van der Waals surface area contributed by atoms with Crippen LogP contribution in [0, 0.1) is 48.9 Å². The monoisotopic (exact) mass is 985 g/mol. The number of carbonyl (C=O) groups is 4. The van der Waals surface area contributed by atoms with Gasteiger partial charge in [-0.2, -0.15) is 0 Å². The summed E-state index contributed by atoms with van der Waals surface area (Å²) in [5.41, 5.74) is -0.557. The smallest absolute Gasteiger partial charge is 0.383 e. The van der Waals surface area contributed by atoms with E-state index in [0.717, 1.165) is 12.8 Å². The molecule has 1 fully saturated rings. The van der Waals surface area contributed by atoms with Gasteiger partial charge in [-0.05, 0) is 45.9 Å². The molecule has 4 heterocycles. The lowest BCUT2D eigenvalue weighted by atomic mass is 9.78. The molecule has 2 amide bonds. The van der Waals surface area contributed by atoms with Crippen molar-refractivity contribution >= 4 is 40.0 Å². The van der Waals surface area contributed by atoms with Crippen LogP contribution in [-0.4, -0.2) is 144 Å². The first-order chi connectivity index (χ1) is 33.5. The largest absolute Gasteiger partial charge is 0.507 e.